The van der Waals surface area contributed by atoms with Crippen LogP contribution in [0.1, 0.15) is 20.3 Å². The number of amides is 1. The van der Waals surface area contributed by atoms with Crippen molar-refractivity contribution in [2.24, 2.45) is 5.92 Å². The zero-order valence-electron chi connectivity index (χ0n) is 16.2. The van der Waals surface area contributed by atoms with Gasteiger partial charge in [-0.2, -0.15) is 5.10 Å². The smallest absolute Gasteiger partial charge is 0.230 e. The van der Waals surface area contributed by atoms with Crippen LogP contribution in [0.4, 0.5) is 4.39 Å². The zero-order valence-corrected chi connectivity index (χ0v) is 17.0. The number of carbonyl (C=O) groups is 1. The summed E-state index contributed by atoms with van der Waals surface area (Å²) in [6.45, 7) is 4.93. The van der Waals surface area contributed by atoms with E-state index in [1.54, 1.807) is 16.6 Å². The van der Waals surface area contributed by atoms with E-state index in [0.29, 0.717) is 23.3 Å². The minimum atomic E-state index is -0.285. The van der Waals surface area contributed by atoms with Crippen molar-refractivity contribution < 1.29 is 9.18 Å². The van der Waals surface area contributed by atoms with E-state index < -0.39 is 0 Å². The summed E-state index contributed by atoms with van der Waals surface area (Å²) in [6.07, 6.45) is 4.59. The number of nitrogens with one attached hydrogen (secondary N) is 1. The number of rotatable bonds is 7. The van der Waals surface area contributed by atoms with Crippen LogP contribution in [-0.2, 0) is 4.79 Å². The molecule has 150 valence electrons. The predicted octanol–water partition coefficient (Wildman–Crippen LogP) is 3.44. The molecule has 1 aromatic carbocycles. The van der Waals surface area contributed by atoms with Gasteiger partial charge in [-0.05, 0) is 42.7 Å². The summed E-state index contributed by atoms with van der Waals surface area (Å²) in [5.74, 6) is 0.536. The van der Waals surface area contributed by atoms with Crippen LogP contribution in [0.25, 0.3) is 22.4 Å². The Hall–Kier alpha value is -2.94. The van der Waals surface area contributed by atoms with Crippen molar-refractivity contribution in [3.63, 3.8) is 0 Å². The van der Waals surface area contributed by atoms with Gasteiger partial charge in [0, 0.05) is 24.5 Å². The SMILES string of the molecule is CC(C)CCNC(=O)CSc1nnc2c3cc(-c4ccc(F)cc4)nn3ccn12. The summed E-state index contributed by atoms with van der Waals surface area (Å²) >= 11 is 1.34. The maximum Gasteiger partial charge on any atom is 0.230 e. The Morgan fingerprint density at radius 2 is 2.00 bits per heavy atom. The van der Waals surface area contributed by atoms with Crippen molar-refractivity contribution in [1.29, 1.82) is 0 Å². The van der Waals surface area contributed by atoms with Crippen molar-refractivity contribution in [3.8, 4) is 11.3 Å². The first-order valence-electron chi connectivity index (χ1n) is 9.40. The van der Waals surface area contributed by atoms with E-state index >= 15 is 0 Å². The molecule has 0 aliphatic heterocycles. The molecule has 0 fully saturated rings. The Balaban J connectivity index is 1.53. The third-order valence-corrected chi connectivity index (χ3v) is 5.45. The number of nitrogens with zero attached hydrogens (tertiary/aromatic N) is 5. The fraction of sp³-hybridized carbons (Fsp3) is 0.300. The Morgan fingerprint density at radius 3 is 2.76 bits per heavy atom. The largest absolute Gasteiger partial charge is 0.355 e. The van der Waals surface area contributed by atoms with Crippen LogP contribution in [0.3, 0.4) is 0 Å². The van der Waals surface area contributed by atoms with E-state index in [1.165, 1.54) is 23.9 Å². The third kappa shape index (κ3) is 4.24. The van der Waals surface area contributed by atoms with Gasteiger partial charge in [-0.1, -0.05) is 25.6 Å². The highest BCUT2D eigenvalue weighted by Gasteiger charge is 2.14. The maximum atomic E-state index is 13.2. The highest BCUT2D eigenvalue weighted by atomic mass is 32.2. The highest BCUT2D eigenvalue weighted by molar-refractivity contribution is 7.99. The van der Waals surface area contributed by atoms with E-state index in [2.05, 4.69) is 34.5 Å². The van der Waals surface area contributed by atoms with Crippen LogP contribution < -0.4 is 5.32 Å². The normalized spacial score (nSPS) is 11.6. The molecule has 4 aromatic rings. The Kier molecular flexibility index (Phi) is 5.48. The van der Waals surface area contributed by atoms with Gasteiger partial charge in [0.2, 0.25) is 5.91 Å². The first kappa shape index (κ1) is 19.4. The molecule has 0 saturated heterocycles. The van der Waals surface area contributed by atoms with Crippen LogP contribution >= 0.6 is 11.8 Å². The summed E-state index contributed by atoms with van der Waals surface area (Å²) in [7, 11) is 0. The van der Waals surface area contributed by atoms with Crippen molar-refractivity contribution in [2.45, 2.75) is 25.4 Å². The summed E-state index contributed by atoms with van der Waals surface area (Å²) in [5.41, 5.74) is 2.98. The molecular weight excluding hydrogens is 391 g/mol. The molecule has 0 aliphatic rings. The van der Waals surface area contributed by atoms with Gasteiger partial charge in [-0.25, -0.2) is 8.91 Å². The molecule has 3 heterocycles. The molecule has 0 unspecified atom stereocenters. The summed E-state index contributed by atoms with van der Waals surface area (Å²) < 4.78 is 16.7. The summed E-state index contributed by atoms with van der Waals surface area (Å²) in [6, 6.07) is 8.10. The predicted molar refractivity (Wildman–Crippen MR) is 110 cm³/mol. The van der Waals surface area contributed by atoms with Crippen LogP contribution in [0.15, 0.2) is 47.9 Å². The standard InChI is InChI=1S/C20H21FN6OS/c1-13(2)7-8-22-18(28)12-29-20-24-23-19-17-11-16(14-3-5-15(21)6-4-14)25-27(17)10-9-26(19)20/h3-6,9-11,13H,7-8,12H2,1-2H3,(H,22,28). The lowest BCUT2D eigenvalue weighted by atomic mass is 10.1. The van der Waals surface area contributed by atoms with Gasteiger partial charge in [-0.3, -0.25) is 9.20 Å². The average Bonchev–Trinajstić information content (AvgIpc) is 3.30. The molecular formula is C20H21FN6OS. The summed E-state index contributed by atoms with van der Waals surface area (Å²) in [4.78, 5) is 12.0. The number of thioether (sulfide) groups is 1. The van der Waals surface area contributed by atoms with Crippen LogP contribution in [0.2, 0.25) is 0 Å². The molecule has 0 radical (unpaired) electrons. The van der Waals surface area contributed by atoms with Crippen LogP contribution in [0, 0.1) is 11.7 Å². The Labute approximate surface area is 171 Å². The number of aromatic nitrogens is 5. The average molecular weight is 412 g/mol. The van der Waals surface area contributed by atoms with Gasteiger partial charge >= 0.3 is 0 Å². The van der Waals surface area contributed by atoms with Gasteiger partial charge in [0.05, 0.1) is 11.4 Å². The fourth-order valence-corrected chi connectivity index (χ4v) is 3.68. The molecule has 0 atom stereocenters. The third-order valence-electron chi connectivity index (χ3n) is 4.50. The van der Waals surface area contributed by atoms with E-state index in [1.807, 2.05) is 22.9 Å². The van der Waals surface area contributed by atoms with Crippen molar-refractivity contribution in [1.82, 2.24) is 29.5 Å². The van der Waals surface area contributed by atoms with Crippen LogP contribution in [0.5, 0.6) is 0 Å². The van der Waals surface area contributed by atoms with Crippen molar-refractivity contribution >= 4 is 28.8 Å². The minimum absolute atomic E-state index is 0.0172. The number of hydrogen-bond acceptors (Lipinski definition) is 5. The molecule has 4 rings (SSSR count). The number of fused-ring (bicyclic) bond motifs is 3. The molecule has 9 heteroatoms. The lowest BCUT2D eigenvalue weighted by Gasteiger charge is -2.06. The van der Waals surface area contributed by atoms with Gasteiger partial charge in [0.15, 0.2) is 10.8 Å². The second kappa shape index (κ2) is 8.20. The van der Waals surface area contributed by atoms with E-state index in [-0.39, 0.29) is 17.5 Å². The number of carbonyl (C=O) groups excluding carboxylic acids is 1. The van der Waals surface area contributed by atoms with E-state index in [4.69, 9.17) is 0 Å². The monoisotopic (exact) mass is 412 g/mol. The van der Waals surface area contributed by atoms with Crippen molar-refractivity contribution in [2.75, 3.05) is 12.3 Å². The van der Waals surface area contributed by atoms with Crippen molar-refractivity contribution in [3.05, 3.63) is 48.5 Å². The fourth-order valence-electron chi connectivity index (χ4n) is 2.93. The Bertz CT molecular complexity index is 1150. The van der Waals surface area contributed by atoms with Crippen LogP contribution in [-0.4, -0.2) is 42.4 Å². The second-order valence-corrected chi connectivity index (χ2v) is 8.10. The molecule has 0 saturated carbocycles. The van der Waals surface area contributed by atoms with Gasteiger partial charge in [0.1, 0.15) is 11.3 Å². The quantitative estimate of drug-likeness (QED) is 0.471. The van der Waals surface area contributed by atoms with Gasteiger partial charge in [-0.15, -0.1) is 10.2 Å². The lowest BCUT2D eigenvalue weighted by Crippen LogP contribution is -2.27. The molecule has 0 spiro atoms. The lowest BCUT2D eigenvalue weighted by molar-refractivity contribution is -0.118. The van der Waals surface area contributed by atoms with Gasteiger partial charge < -0.3 is 5.32 Å². The first-order chi connectivity index (χ1) is 14.0. The molecule has 0 aliphatic carbocycles. The number of halogens is 1. The number of benzene rings is 1. The van der Waals surface area contributed by atoms with E-state index in [0.717, 1.165) is 23.2 Å². The maximum absolute atomic E-state index is 13.2. The molecule has 3 aromatic heterocycles. The molecule has 0 bridgehead atoms. The van der Waals surface area contributed by atoms with Gasteiger partial charge in [0.25, 0.3) is 0 Å². The molecule has 1 N–H and O–H groups in total. The zero-order chi connectivity index (χ0) is 20.4. The molecule has 29 heavy (non-hydrogen) atoms. The first-order valence-corrected chi connectivity index (χ1v) is 10.4. The highest BCUT2D eigenvalue weighted by Crippen LogP contribution is 2.24. The number of hydrogen-bond donors (Lipinski definition) is 1. The second-order valence-electron chi connectivity index (χ2n) is 7.16. The Morgan fingerprint density at radius 1 is 1.21 bits per heavy atom. The topological polar surface area (TPSA) is 76.6 Å². The van der Waals surface area contributed by atoms with E-state index in [9.17, 15) is 9.18 Å². The molecule has 7 nitrogen and oxygen atoms in total. The minimum Gasteiger partial charge on any atom is -0.355 e. The molecule has 1 amide bonds. The summed E-state index contributed by atoms with van der Waals surface area (Å²) in [5, 5.41) is 16.6.